The summed E-state index contributed by atoms with van der Waals surface area (Å²) < 4.78 is 0. The van der Waals surface area contributed by atoms with Gasteiger partial charge in [-0.15, -0.1) is 0 Å². The first-order chi connectivity index (χ1) is 12.4. The molecular formula is C23H28O2Si2. The van der Waals surface area contributed by atoms with Crippen molar-refractivity contribution in [1.82, 2.24) is 0 Å². The fraction of sp³-hybridized carbons (Fsp3) is 0.391. The van der Waals surface area contributed by atoms with Crippen LogP contribution in [0.5, 0.6) is 0 Å². The van der Waals surface area contributed by atoms with Crippen LogP contribution in [-0.2, 0) is 12.8 Å². The van der Waals surface area contributed by atoms with E-state index < -0.39 is 21.6 Å². The van der Waals surface area contributed by atoms with Crippen molar-refractivity contribution in [3.05, 3.63) is 58.7 Å². The Kier molecular flexibility index (Phi) is 3.86. The van der Waals surface area contributed by atoms with Gasteiger partial charge in [-0.2, -0.15) is 0 Å². The topological polar surface area (TPSA) is 34.1 Å². The minimum atomic E-state index is -1.51. The van der Waals surface area contributed by atoms with Crippen molar-refractivity contribution < 1.29 is 9.59 Å². The highest BCUT2D eigenvalue weighted by Gasteiger charge is 2.55. The Morgan fingerprint density at radius 2 is 1.07 bits per heavy atom. The molecule has 0 N–H and O–H groups in total. The second-order valence-corrected chi connectivity index (χ2v) is 20.4. The molecule has 27 heavy (non-hydrogen) atoms. The van der Waals surface area contributed by atoms with Gasteiger partial charge >= 0.3 is 0 Å². The first-order valence-corrected chi connectivity index (χ1v) is 16.8. The molecule has 0 aromatic heterocycles. The second-order valence-electron chi connectivity index (χ2n) is 10.3. The molecule has 0 atom stereocenters. The SMILES string of the molecule is C[Si](C)(C)c1cc2c(cc1[Si](C)(C)C)CC1(C2)C(=O)c2ccccc2C1=O. The van der Waals surface area contributed by atoms with E-state index in [0.717, 1.165) is 0 Å². The zero-order valence-corrected chi connectivity index (χ0v) is 19.2. The molecule has 2 nitrogen and oxygen atoms in total. The Balaban J connectivity index is 1.86. The Labute approximate surface area is 164 Å². The largest absolute Gasteiger partial charge is 0.293 e. The molecule has 2 aliphatic carbocycles. The van der Waals surface area contributed by atoms with Gasteiger partial charge in [-0.3, -0.25) is 9.59 Å². The van der Waals surface area contributed by atoms with Crippen molar-refractivity contribution in [3.63, 3.8) is 0 Å². The Morgan fingerprint density at radius 1 is 0.704 bits per heavy atom. The molecule has 0 bridgehead atoms. The van der Waals surface area contributed by atoms with Crippen LogP contribution in [0.25, 0.3) is 0 Å². The number of benzene rings is 2. The Hall–Kier alpha value is -1.79. The van der Waals surface area contributed by atoms with Crippen LogP contribution in [0, 0.1) is 5.41 Å². The van der Waals surface area contributed by atoms with Gasteiger partial charge in [-0.05, 0) is 24.0 Å². The average molecular weight is 393 g/mol. The Bertz CT molecular complexity index is 910. The molecule has 4 rings (SSSR count). The number of hydrogen-bond donors (Lipinski definition) is 0. The number of ketones is 2. The summed E-state index contributed by atoms with van der Waals surface area (Å²) >= 11 is 0. The average Bonchev–Trinajstić information content (AvgIpc) is 3.05. The van der Waals surface area contributed by atoms with E-state index in [-0.39, 0.29) is 11.6 Å². The summed E-state index contributed by atoms with van der Waals surface area (Å²) in [5, 5.41) is 3.04. The van der Waals surface area contributed by atoms with Crippen molar-refractivity contribution in [1.29, 1.82) is 0 Å². The highest BCUT2D eigenvalue weighted by molar-refractivity contribution is 6.98. The van der Waals surface area contributed by atoms with Gasteiger partial charge in [-0.25, -0.2) is 0 Å². The number of fused-ring (bicyclic) bond motifs is 2. The summed E-state index contributed by atoms with van der Waals surface area (Å²) in [7, 11) is -3.03. The van der Waals surface area contributed by atoms with E-state index in [0.29, 0.717) is 24.0 Å². The lowest BCUT2D eigenvalue weighted by Crippen LogP contribution is -2.56. The molecule has 0 heterocycles. The molecule has 0 fully saturated rings. The van der Waals surface area contributed by atoms with Crippen LogP contribution in [0.4, 0.5) is 0 Å². The van der Waals surface area contributed by atoms with Crippen LogP contribution in [0.1, 0.15) is 31.8 Å². The van der Waals surface area contributed by atoms with Crippen LogP contribution in [-0.4, -0.2) is 27.7 Å². The molecule has 4 heteroatoms. The van der Waals surface area contributed by atoms with Crippen molar-refractivity contribution >= 4 is 38.1 Å². The summed E-state index contributed by atoms with van der Waals surface area (Å²) in [6.07, 6.45) is 1.14. The monoisotopic (exact) mass is 392 g/mol. The molecule has 0 saturated heterocycles. The zero-order valence-electron chi connectivity index (χ0n) is 17.2. The molecule has 2 aromatic rings. The lowest BCUT2D eigenvalue weighted by atomic mass is 9.80. The van der Waals surface area contributed by atoms with E-state index in [1.165, 1.54) is 21.5 Å². The third kappa shape index (κ3) is 2.64. The smallest absolute Gasteiger partial charge is 0.178 e. The number of Topliss-reactive ketones (excluding diaryl/α,β-unsaturated/α-hetero) is 2. The molecule has 0 amide bonds. The lowest BCUT2D eigenvalue weighted by Gasteiger charge is -2.29. The van der Waals surface area contributed by atoms with Crippen LogP contribution in [0.15, 0.2) is 36.4 Å². The summed E-state index contributed by atoms with van der Waals surface area (Å²) in [4.78, 5) is 26.5. The predicted octanol–water partition coefficient (Wildman–Crippen LogP) is 3.94. The number of carbonyl (C=O) groups is 2. The summed E-state index contributed by atoms with van der Waals surface area (Å²) in [6, 6.07) is 12.1. The fourth-order valence-electron chi connectivity index (χ4n) is 4.79. The zero-order chi connectivity index (χ0) is 19.8. The minimum Gasteiger partial charge on any atom is -0.293 e. The number of hydrogen-bond acceptors (Lipinski definition) is 2. The van der Waals surface area contributed by atoms with Crippen molar-refractivity contribution in [3.8, 4) is 0 Å². The molecular weight excluding hydrogens is 364 g/mol. The van der Waals surface area contributed by atoms with Crippen LogP contribution >= 0.6 is 0 Å². The first kappa shape index (κ1) is 18.6. The van der Waals surface area contributed by atoms with Gasteiger partial charge in [0.25, 0.3) is 0 Å². The van der Waals surface area contributed by atoms with Gasteiger partial charge in [0.05, 0.1) is 16.1 Å². The summed E-state index contributed by atoms with van der Waals surface area (Å²) in [5.74, 6) is 0.0619. The highest BCUT2D eigenvalue weighted by atomic mass is 28.3. The van der Waals surface area contributed by atoms with Gasteiger partial charge < -0.3 is 0 Å². The van der Waals surface area contributed by atoms with Crippen LogP contribution in [0.2, 0.25) is 39.3 Å². The predicted molar refractivity (Wildman–Crippen MR) is 117 cm³/mol. The highest BCUT2D eigenvalue weighted by Crippen LogP contribution is 2.46. The first-order valence-electron chi connectivity index (χ1n) is 9.80. The van der Waals surface area contributed by atoms with Crippen LogP contribution in [0.3, 0.4) is 0 Å². The van der Waals surface area contributed by atoms with Gasteiger partial charge in [0, 0.05) is 11.1 Å². The third-order valence-electron chi connectivity index (χ3n) is 6.23. The maximum Gasteiger partial charge on any atom is 0.178 e. The van der Waals surface area contributed by atoms with Gasteiger partial charge in [0.1, 0.15) is 5.41 Å². The van der Waals surface area contributed by atoms with Crippen molar-refractivity contribution in [2.45, 2.75) is 52.1 Å². The van der Waals surface area contributed by atoms with Crippen molar-refractivity contribution in [2.75, 3.05) is 0 Å². The molecule has 1 spiro atoms. The molecule has 2 aromatic carbocycles. The molecule has 140 valence electrons. The van der Waals surface area contributed by atoms with Gasteiger partial charge in [0.2, 0.25) is 0 Å². The summed E-state index contributed by atoms with van der Waals surface area (Å²) in [6.45, 7) is 14.4. The fourth-order valence-corrected chi connectivity index (χ4v) is 10.0. The van der Waals surface area contributed by atoms with Gasteiger partial charge in [0.15, 0.2) is 11.6 Å². The van der Waals surface area contributed by atoms with E-state index in [1.807, 2.05) is 24.3 Å². The normalized spacial score (nSPS) is 18.1. The molecule has 2 aliphatic rings. The Morgan fingerprint density at radius 3 is 1.41 bits per heavy atom. The maximum absolute atomic E-state index is 13.3. The van der Waals surface area contributed by atoms with E-state index in [4.69, 9.17) is 0 Å². The van der Waals surface area contributed by atoms with Crippen LogP contribution < -0.4 is 10.4 Å². The van der Waals surface area contributed by atoms with E-state index in [9.17, 15) is 9.59 Å². The van der Waals surface area contributed by atoms with Gasteiger partial charge in [-0.1, -0.05) is 86.1 Å². The summed E-state index contributed by atoms with van der Waals surface area (Å²) in [5.41, 5.74) is 2.80. The molecule has 0 radical (unpaired) electrons. The standard InChI is InChI=1S/C23H28O2Si2/c1-26(2,3)19-11-15-13-23(14-16(15)12-20(19)27(4,5)6)21(24)17-9-7-8-10-18(17)22(23)25/h7-12H,13-14H2,1-6H3. The molecule has 0 saturated carbocycles. The van der Waals surface area contributed by atoms with E-state index >= 15 is 0 Å². The molecule has 0 aliphatic heterocycles. The van der Waals surface area contributed by atoms with E-state index in [1.54, 1.807) is 0 Å². The molecule has 0 unspecified atom stereocenters. The lowest BCUT2D eigenvalue weighted by molar-refractivity contribution is 0.0710. The van der Waals surface area contributed by atoms with Crippen molar-refractivity contribution in [2.24, 2.45) is 5.41 Å². The number of rotatable bonds is 2. The maximum atomic E-state index is 13.3. The van der Waals surface area contributed by atoms with E-state index in [2.05, 4.69) is 51.4 Å². The minimum absolute atomic E-state index is 0.0309. The quantitative estimate of drug-likeness (QED) is 0.573. The second kappa shape index (κ2) is 5.61. The number of carbonyl (C=O) groups excluding carboxylic acids is 2. The third-order valence-corrected chi connectivity index (χ3v) is 10.5.